The van der Waals surface area contributed by atoms with Crippen LogP contribution in [-0.2, 0) is 0 Å². The second-order valence-electron chi connectivity index (χ2n) is 4.26. The SMILES string of the molecule is N/N=C1\CC2CCCC(O)(C1)C2. The van der Waals surface area contributed by atoms with Gasteiger partial charge in [-0.1, -0.05) is 6.42 Å². The number of hydrazone groups is 1. The third kappa shape index (κ3) is 1.33. The van der Waals surface area contributed by atoms with Crippen molar-refractivity contribution in [3.8, 4) is 0 Å². The molecule has 0 aromatic rings. The molecule has 68 valence electrons. The summed E-state index contributed by atoms with van der Waals surface area (Å²) in [4.78, 5) is 0. The van der Waals surface area contributed by atoms with Crippen molar-refractivity contribution in [3.63, 3.8) is 0 Å². The number of hydrogen-bond donors (Lipinski definition) is 2. The van der Waals surface area contributed by atoms with Crippen molar-refractivity contribution < 1.29 is 5.11 Å². The Morgan fingerprint density at radius 1 is 1.58 bits per heavy atom. The van der Waals surface area contributed by atoms with Crippen LogP contribution in [-0.4, -0.2) is 16.4 Å². The van der Waals surface area contributed by atoms with Gasteiger partial charge in [0.1, 0.15) is 0 Å². The maximum atomic E-state index is 10.1. The molecule has 3 heteroatoms. The van der Waals surface area contributed by atoms with Gasteiger partial charge in [0.05, 0.1) is 5.60 Å². The maximum absolute atomic E-state index is 10.1. The average molecular weight is 168 g/mol. The number of nitrogens with two attached hydrogens (primary N) is 1. The minimum absolute atomic E-state index is 0.459. The predicted molar refractivity (Wildman–Crippen MR) is 47.8 cm³/mol. The molecule has 12 heavy (non-hydrogen) atoms. The van der Waals surface area contributed by atoms with Crippen LogP contribution in [0.3, 0.4) is 0 Å². The van der Waals surface area contributed by atoms with Gasteiger partial charge in [0, 0.05) is 12.1 Å². The predicted octanol–water partition coefficient (Wildman–Crippen LogP) is 1.02. The molecular formula is C9H16N2O. The second kappa shape index (κ2) is 2.73. The molecule has 2 fully saturated rings. The quantitative estimate of drug-likeness (QED) is 0.419. The molecule has 0 heterocycles. The Morgan fingerprint density at radius 3 is 3.08 bits per heavy atom. The van der Waals surface area contributed by atoms with Gasteiger partial charge in [-0.05, 0) is 31.6 Å². The summed E-state index contributed by atoms with van der Waals surface area (Å²) in [7, 11) is 0. The standard InChI is InChI=1S/C9H16N2O/c10-11-8-4-7-2-1-3-9(12,5-7)6-8/h7,12H,1-6,10H2/b11-8+. The molecule has 0 saturated heterocycles. The van der Waals surface area contributed by atoms with Crippen molar-refractivity contribution >= 4 is 5.71 Å². The van der Waals surface area contributed by atoms with Gasteiger partial charge >= 0.3 is 0 Å². The molecule has 2 unspecified atom stereocenters. The van der Waals surface area contributed by atoms with E-state index in [1.807, 2.05) is 0 Å². The van der Waals surface area contributed by atoms with Crippen LogP contribution in [0.15, 0.2) is 5.10 Å². The van der Waals surface area contributed by atoms with E-state index < -0.39 is 5.60 Å². The van der Waals surface area contributed by atoms with Crippen LogP contribution in [0.4, 0.5) is 0 Å². The zero-order chi connectivity index (χ0) is 8.60. The Hall–Kier alpha value is -0.570. The van der Waals surface area contributed by atoms with E-state index in [2.05, 4.69) is 5.10 Å². The molecule has 2 saturated carbocycles. The first-order valence-corrected chi connectivity index (χ1v) is 4.70. The third-order valence-electron chi connectivity index (χ3n) is 3.16. The highest BCUT2D eigenvalue weighted by molar-refractivity contribution is 5.86. The molecule has 0 aromatic heterocycles. The molecule has 0 aromatic carbocycles. The summed E-state index contributed by atoms with van der Waals surface area (Å²) < 4.78 is 0. The van der Waals surface area contributed by atoms with Crippen molar-refractivity contribution in [1.82, 2.24) is 0 Å². The van der Waals surface area contributed by atoms with Crippen molar-refractivity contribution in [2.24, 2.45) is 16.9 Å². The van der Waals surface area contributed by atoms with Gasteiger partial charge in [-0.3, -0.25) is 0 Å². The van der Waals surface area contributed by atoms with E-state index in [-0.39, 0.29) is 0 Å². The van der Waals surface area contributed by atoms with Crippen LogP contribution in [0.5, 0.6) is 0 Å². The van der Waals surface area contributed by atoms with Gasteiger partial charge in [-0.25, -0.2) is 0 Å². The van der Waals surface area contributed by atoms with E-state index in [0.717, 1.165) is 25.0 Å². The van der Waals surface area contributed by atoms with Gasteiger partial charge in [-0.15, -0.1) is 0 Å². The first kappa shape index (κ1) is 8.05. The summed E-state index contributed by atoms with van der Waals surface area (Å²) >= 11 is 0. The minimum Gasteiger partial charge on any atom is -0.389 e. The fourth-order valence-electron chi connectivity index (χ4n) is 2.68. The van der Waals surface area contributed by atoms with Gasteiger partial charge < -0.3 is 10.9 Å². The number of hydrogen-bond acceptors (Lipinski definition) is 3. The lowest BCUT2D eigenvalue weighted by atomic mass is 9.68. The van der Waals surface area contributed by atoms with Crippen LogP contribution in [0.1, 0.15) is 38.5 Å². The molecule has 0 radical (unpaired) electrons. The molecule has 2 aliphatic rings. The summed E-state index contributed by atoms with van der Waals surface area (Å²) in [5, 5.41) is 13.8. The lowest BCUT2D eigenvalue weighted by Gasteiger charge is -2.41. The van der Waals surface area contributed by atoms with E-state index >= 15 is 0 Å². The monoisotopic (exact) mass is 168 g/mol. The Labute approximate surface area is 72.6 Å². The van der Waals surface area contributed by atoms with Crippen LogP contribution >= 0.6 is 0 Å². The van der Waals surface area contributed by atoms with Gasteiger partial charge in [0.25, 0.3) is 0 Å². The largest absolute Gasteiger partial charge is 0.389 e. The second-order valence-corrected chi connectivity index (χ2v) is 4.26. The number of fused-ring (bicyclic) bond motifs is 2. The maximum Gasteiger partial charge on any atom is 0.0703 e. The molecule has 2 atom stereocenters. The minimum atomic E-state index is -0.459. The van der Waals surface area contributed by atoms with Gasteiger partial charge in [0.2, 0.25) is 0 Å². The molecule has 0 spiro atoms. The molecule has 3 N–H and O–H groups in total. The third-order valence-corrected chi connectivity index (χ3v) is 3.16. The average Bonchev–Trinajstić information content (AvgIpc) is 2.02. The molecule has 2 rings (SSSR count). The van der Waals surface area contributed by atoms with Gasteiger partial charge in [0.15, 0.2) is 0 Å². The lowest BCUT2D eigenvalue weighted by Crippen LogP contribution is -2.42. The fraction of sp³-hybridized carbons (Fsp3) is 0.889. The molecule has 2 aliphatic carbocycles. The summed E-state index contributed by atoms with van der Waals surface area (Å²) in [6, 6.07) is 0. The number of aliphatic hydroxyl groups is 1. The zero-order valence-electron chi connectivity index (χ0n) is 7.29. The van der Waals surface area contributed by atoms with E-state index in [0.29, 0.717) is 12.3 Å². The van der Waals surface area contributed by atoms with E-state index in [1.54, 1.807) is 0 Å². The Balaban J connectivity index is 2.15. The highest BCUT2D eigenvalue weighted by Crippen LogP contribution is 2.41. The van der Waals surface area contributed by atoms with Crippen molar-refractivity contribution in [2.75, 3.05) is 0 Å². The summed E-state index contributed by atoms with van der Waals surface area (Å²) in [6.07, 6.45) is 6.02. The summed E-state index contributed by atoms with van der Waals surface area (Å²) in [6.45, 7) is 0. The molecular weight excluding hydrogens is 152 g/mol. The summed E-state index contributed by atoms with van der Waals surface area (Å²) in [5.41, 5.74) is 0.549. The zero-order valence-corrected chi connectivity index (χ0v) is 7.29. The number of rotatable bonds is 0. The Morgan fingerprint density at radius 2 is 2.42 bits per heavy atom. The Bertz CT molecular complexity index is 215. The smallest absolute Gasteiger partial charge is 0.0703 e. The highest BCUT2D eigenvalue weighted by Gasteiger charge is 2.39. The molecule has 3 nitrogen and oxygen atoms in total. The highest BCUT2D eigenvalue weighted by atomic mass is 16.3. The van der Waals surface area contributed by atoms with Crippen LogP contribution in [0.2, 0.25) is 0 Å². The molecule has 0 aliphatic heterocycles. The number of nitrogens with zero attached hydrogens (tertiary/aromatic N) is 1. The lowest BCUT2D eigenvalue weighted by molar-refractivity contribution is -0.0180. The first-order chi connectivity index (χ1) is 5.72. The van der Waals surface area contributed by atoms with E-state index in [9.17, 15) is 5.11 Å². The van der Waals surface area contributed by atoms with E-state index in [4.69, 9.17) is 5.84 Å². The van der Waals surface area contributed by atoms with Crippen molar-refractivity contribution in [2.45, 2.75) is 44.1 Å². The summed E-state index contributed by atoms with van der Waals surface area (Å²) in [5.74, 6) is 5.88. The van der Waals surface area contributed by atoms with Crippen LogP contribution in [0, 0.1) is 5.92 Å². The first-order valence-electron chi connectivity index (χ1n) is 4.70. The van der Waals surface area contributed by atoms with Crippen molar-refractivity contribution in [1.29, 1.82) is 0 Å². The normalized spacial score (nSPS) is 44.8. The fourth-order valence-corrected chi connectivity index (χ4v) is 2.68. The van der Waals surface area contributed by atoms with Crippen LogP contribution in [0.25, 0.3) is 0 Å². The van der Waals surface area contributed by atoms with Crippen LogP contribution < -0.4 is 5.84 Å². The topological polar surface area (TPSA) is 58.6 Å². The van der Waals surface area contributed by atoms with Gasteiger partial charge in [-0.2, -0.15) is 5.10 Å². The molecule has 2 bridgehead atoms. The Kier molecular flexibility index (Phi) is 1.83. The van der Waals surface area contributed by atoms with E-state index in [1.165, 1.54) is 12.8 Å². The molecule has 0 amide bonds. The van der Waals surface area contributed by atoms with Crippen molar-refractivity contribution in [3.05, 3.63) is 0 Å².